The van der Waals surface area contributed by atoms with Gasteiger partial charge in [-0.25, -0.2) is 9.67 Å². The number of anilines is 2. The van der Waals surface area contributed by atoms with Crippen molar-refractivity contribution in [2.24, 2.45) is 0 Å². The van der Waals surface area contributed by atoms with Gasteiger partial charge in [0.1, 0.15) is 4.83 Å². The summed E-state index contributed by atoms with van der Waals surface area (Å²) < 4.78 is 2.76. The van der Waals surface area contributed by atoms with E-state index in [-0.39, 0.29) is 11.8 Å². The predicted molar refractivity (Wildman–Crippen MR) is 126 cm³/mol. The lowest BCUT2D eigenvalue weighted by molar-refractivity contribution is -0.114. The van der Waals surface area contributed by atoms with Crippen LogP contribution in [0.1, 0.15) is 22.3 Å². The van der Waals surface area contributed by atoms with Gasteiger partial charge in [0.05, 0.1) is 26.5 Å². The molecule has 3 heterocycles. The summed E-state index contributed by atoms with van der Waals surface area (Å²) in [5.74, 6) is -0.340. The molecule has 0 atom stereocenters. The number of nitrogens with one attached hydrogen (secondary N) is 2. The monoisotopic (exact) mass is 447 g/mol. The minimum absolute atomic E-state index is 0.165. The minimum atomic E-state index is -0.175. The molecule has 7 nitrogen and oxygen atoms in total. The third kappa shape index (κ3) is 3.69. The Kier molecular flexibility index (Phi) is 4.76. The molecule has 3 aromatic heterocycles. The molecule has 2 amide bonds. The molecule has 0 radical (unpaired) electrons. The van der Waals surface area contributed by atoms with Crippen LogP contribution < -0.4 is 10.6 Å². The van der Waals surface area contributed by atoms with Gasteiger partial charge < -0.3 is 10.6 Å². The summed E-state index contributed by atoms with van der Waals surface area (Å²) in [5.41, 5.74) is 3.28. The van der Waals surface area contributed by atoms with Crippen molar-refractivity contribution in [2.75, 3.05) is 10.6 Å². The first-order valence-electron chi connectivity index (χ1n) is 9.52. The number of thiophene rings is 1. The predicted octanol–water partition coefficient (Wildman–Crippen LogP) is 5.22. The highest BCUT2D eigenvalue weighted by Crippen LogP contribution is 2.32. The Bertz CT molecular complexity index is 1450. The molecule has 2 aromatic carbocycles. The standard InChI is InChI=1S/C22H17N5O2S2/c1-12-16-11-19(30-21(16)27(26-12)15-6-4-3-5-7-15)20(29)24-14-8-9-17-18(10-14)31-22(25-17)23-13(2)28/h3-11H,1-2H3,(H,24,29)(H,23,25,28). The van der Waals surface area contributed by atoms with E-state index in [2.05, 4.69) is 20.7 Å². The Morgan fingerprint density at radius 3 is 2.58 bits per heavy atom. The third-order valence-corrected chi connectivity index (χ3v) is 6.74. The molecule has 5 rings (SSSR count). The molecule has 31 heavy (non-hydrogen) atoms. The van der Waals surface area contributed by atoms with Crippen LogP contribution in [0.25, 0.3) is 26.1 Å². The second-order valence-electron chi connectivity index (χ2n) is 7.00. The van der Waals surface area contributed by atoms with E-state index in [0.29, 0.717) is 15.7 Å². The molecule has 0 unspecified atom stereocenters. The second kappa shape index (κ2) is 7.60. The number of carbonyl (C=O) groups is 2. The van der Waals surface area contributed by atoms with E-state index in [9.17, 15) is 9.59 Å². The Morgan fingerprint density at radius 2 is 1.81 bits per heavy atom. The Balaban J connectivity index is 1.43. The smallest absolute Gasteiger partial charge is 0.265 e. The summed E-state index contributed by atoms with van der Waals surface area (Å²) in [7, 11) is 0. The van der Waals surface area contributed by atoms with Gasteiger partial charge in [0.25, 0.3) is 5.91 Å². The second-order valence-corrected chi connectivity index (χ2v) is 9.06. The summed E-state index contributed by atoms with van der Waals surface area (Å²) in [4.78, 5) is 30.1. The van der Waals surface area contributed by atoms with Crippen molar-refractivity contribution in [3.63, 3.8) is 0 Å². The highest BCUT2D eigenvalue weighted by molar-refractivity contribution is 7.22. The van der Waals surface area contributed by atoms with Crippen LogP contribution in [0.15, 0.2) is 54.6 Å². The van der Waals surface area contributed by atoms with Crippen LogP contribution in [-0.4, -0.2) is 26.6 Å². The zero-order chi connectivity index (χ0) is 21.5. The van der Waals surface area contributed by atoms with Crippen molar-refractivity contribution < 1.29 is 9.59 Å². The molecule has 0 aliphatic carbocycles. The zero-order valence-electron chi connectivity index (χ0n) is 16.7. The molecule has 0 fully saturated rings. The molecule has 0 spiro atoms. The number of fused-ring (bicyclic) bond motifs is 2. The fourth-order valence-electron chi connectivity index (χ4n) is 3.30. The fraction of sp³-hybridized carbons (Fsp3) is 0.0909. The summed E-state index contributed by atoms with van der Waals surface area (Å²) in [6.07, 6.45) is 0. The molecule has 5 aromatic rings. The number of hydrogen-bond acceptors (Lipinski definition) is 6. The number of carbonyl (C=O) groups excluding carboxylic acids is 2. The number of rotatable bonds is 4. The molecule has 2 N–H and O–H groups in total. The van der Waals surface area contributed by atoms with Crippen molar-refractivity contribution in [2.45, 2.75) is 13.8 Å². The highest BCUT2D eigenvalue weighted by atomic mass is 32.1. The van der Waals surface area contributed by atoms with Gasteiger partial charge in [-0.15, -0.1) is 11.3 Å². The maximum Gasteiger partial charge on any atom is 0.265 e. The molecule has 0 saturated carbocycles. The molecule has 9 heteroatoms. The van der Waals surface area contributed by atoms with Gasteiger partial charge in [-0.1, -0.05) is 29.5 Å². The quantitative estimate of drug-likeness (QED) is 0.395. The van der Waals surface area contributed by atoms with Gasteiger partial charge in [0, 0.05) is 18.0 Å². The number of para-hydroxylation sites is 1. The van der Waals surface area contributed by atoms with Gasteiger partial charge in [-0.05, 0) is 43.3 Å². The highest BCUT2D eigenvalue weighted by Gasteiger charge is 2.17. The SMILES string of the molecule is CC(=O)Nc1nc2ccc(NC(=O)c3cc4c(C)nn(-c5ccccc5)c4s3)cc2s1. The fourth-order valence-corrected chi connectivity index (χ4v) is 5.33. The van der Waals surface area contributed by atoms with Crippen LogP contribution in [0.4, 0.5) is 10.8 Å². The average molecular weight is 448 g/mol. The van der Waals surface area contributed by atoms with E-state index >= 15 is 0 Å². The van der Waals surface area contributed by atoms with E-state index in [1.54, 1.807) is 0 Å². The Labute approximate surface area is 185 Å². The zero-order valence-corrected chi connectivity index (χ0v) is 18.3. The van der Waals surface area contributed by atoms with Gasteiger partial charge in [-0.3, -0.25) is 9.59 Å². The van der Waals surface area contributed by atoms with E-state index in [0.717, 1.165) is 31.8 Å². The lowest BCUT2D eigenvalue weighted by Gasteiger charge is -2.03. The maximum absolute atomic E-state index is 12.9. The van der Waals surface area contributed by atoms with Crippen LogP contribution in [0.5, 0.6) is 0 Å². The van der Waals surface area contributed by atoms with E-state index < -0.39 is 0 Å². The number of aryl methyl sites for hydroxylation is 1. The largest absolute Gasteiger partial charge is 0.321 e. The lowest BCUT2D eigenvalue weighted by atomic mass is 10.2. The van der Waals surface area contributed by atoms with Gasteiger partial charge in [0.2, 0.25) is 5.91 Å². The van der Waals surface area contributed by atoms with Crippen LogP contribution in [-0.2, 0) is 4.79 Å². The molecular weight excluding hydrogens is 430 g/mol. The normalized spacial score (nSPS) is 11.2. The summed E-state index contributed by atoms with van der Waals surface area (Å²) in [5, 5.41) is 11.8. The average Bonchev–Trinajstić information content (AvgIpc) is 3.42. The Hall–Kier alpha value is -3.56. The van der Waals surface area contributed by atoms with E-state index in [1.165, 1.54) is 29.6 Å². The maximum atomic E-state index is 12.9. The molecule has 0 saturated heterocycles. The first-order chi connectivity index (χ1) is 15.0. The number of aromatic nitrogens is 3. The number of thiazole rings is 1. The number of hydrogen-bond donors (Lipinski definition) is 2. The van der Waals surface area contributed by atoms with Crippen LogP contribution in [0.3, 0.4) is 0 Å². The summed E-state index contributed by atoms with van der Waals surface area (Å²) in [6.45, 7) is 3.39. The number of amides is 2. The van der Waals surface area contributed by atoms with Crippen molar-refractivity contribution in [3.8, 4) is 5.69 Å². The summed E-state index contributed by atoms with van der Waals surface area (Å²) in [6, 6.07) is 17.3. The first-order valence-corrected chi connectivity index (χ1v) is 11.2. The molecule has 0 aliphatic rings. The van der Waals surface area contributed by atoms with Crippen molar-refractivity contribution >= 4 is 65.7 Å². The van der Waals surface area contributed by atoms with Crippen molar-refractivity contribution in [1.82, 2.24) is 14.8 Å². The Morgan fingerprint density at radius 1 is 1.00 bits per heavy atom. The van der Waals surface area contributed by atoms with Gasteiger partial charge in [0.15, 0.2) is 5.13 Å². The minimum Gasteiger partial charge on any atom is -0.321 e. The molecule has 0 bridgehead atoms. The van der Waals surface area contributed by atoms with E-state index in [4.69, 9.17) is 0 Å². The molecular formula is C22H17N5O2S2. The topological polar surface area (TPSA) is 88.9 Å². The molecule has 0 aliphatic heterocycles. The number of nitrogens with zero attached hydrogens (tertiary/aromatic N) is 3. The van der Waals surface area contributed by atoms with Gasteiger partial charge in [-0.2, -0.15) is 5.10 Å². The van der Waals surface area contributed by atoms with Crippen molar-refractivity contribution in [1.29, 1.82) is 0 Å². The van der Waals surface area contributed by atoms with Crippen molar-refractivity contribution in [3.05, 3.63) is 65.2 Å². The van der Waals surface area contributed by atoms with Crippen LogP contribution in [0.2, 0.25) is 0 Å². The van der Waals surface area contributed by atoms with Crippen LogP contribution >= 0.6 is 22.7 Å². The summed E-state index contributed by atoms with van der Waals surface area (Å²) >= 11 is 2.78. The van der Waals surface area contributed by atoms with E-state index in [1.807, 2.05) is 66.2 Å². The number of benzene rings is 2. The van der Waals surface area contributed by atoms with Gasteiger partial charge >= 0.3 is 0 Å². The lowest BCUT2D eigenvalue weighted by Crippen LogP contribution is -2.09. The third-order valence-electron chi connectivity index (χ3n) is 4.70. The molecule has 154 valence electrons. The van der Waals surface area contributed by atoms with Crippen LogP contribution in [0, 0.1) is 6.92 Å². The first kappa shape index (κ1) is 19.4.